The van der Waals surface area contributed by atoms with E-state index in [9.17, 15) is 13.2 Å². The lowest BCUT2D eigenvalue weighted by molar-refractivity contribution is -0.114. The van der Waals surface area contributed by atoms with Crippen LogP contribution in [0.1, 0.15) is 19.4 Å². The van der Waals surface area contributed by atoms with E-state index in [0.717, 1.165) is 16.9 Å². The molecule has 2 aromatic rings. The van der Waals surface area contributed by atoms with Gasteiger partial charge in [0.05, 0.1) is 5.69 Å². The highest BCUT2D eigenvalue weighted by Gasteiger charge is 2.21. The molecule has 0 spiro atoms. The van der Waals surface area contributed by atoms with Crippen LogP contribution in [0.4, 0.5) is 10.8 Å². The lowest BCUT2D eigenvalue weighted by Gasteiger charge is -2.09. The van der Waals surface area contributed by atoms with E-state index in [2.05, 4.69) is 20.2 Å². The molecule has 0 atom stereocenters. The first kappa shape index (κ1) is 15.4. The summed E-state index contributed by atoms with van der Waals surface area (Å²) in [7, 11) is -3.82. The summed E-state index contributed by atoms with van der Waals surface area (Å²) in [5.74, 6) is -0.334. The Morgan fingerprint density at radius 3 is 2.67 bits per heavy atom. The maximum absolute atomic E-state index is 12.3. The van der Waals surface area contributed by atoms with Crippen molar-refractivity contribution in [3.8, 4) is 0 Å². The van der Waals surface area contributed by atoms with Crippen molar-refractivity contribution in [1.82, 2.24) is 10.2 Å². The lowest BCUT2D eigenvalue weighted by atomic mass is 10.1. The number of rotatable bonds is 5. The molecule has 0 aliphatic heterocycles. The van der Waals surface area contributed by atoms with Gasteiger partial charge in [0, 0.05) is 6.92 Å². The molecule has 0 saturated heterocycles. The van der Waals surface area contributed by atoms with Crippen molar-refractivity contribution in [2.45, 2.75) is 24.6 Å². The minimum Gasteiger partial charge on any atom is -0.301 e. The van der Waals surface area contributed by atoms with Gasteiger partial charge in [0.15, 0.2) is 0 Å². The van der Waals surface area contributed by atoms with E-state index in [4.69, 9.17) is 0 Å². The van der Waals surface area contributed by atoms with Crippen LogP contribution in [-0.2, 0) is 21.2 Å². The molecule has 112 valence electrons. The van der Waals surface area contributed by atoms with Crippen LogP contribution >= 0.6 is 11.3 Å². The summed E-state index contributed by atoms with van der Waals surface area (Å²) >= 11 is 0.796. The third-order valence-electron chi connectivity index (χ3n) is 2.56. The minimum atomic E-state index is -3.82. The number of hydrogen-bond donors (Lipinski definition) is 2. The maximum atomic E-state index is 12.3. The minimum absolute atomic E-state index is 0.145. The van der Waals surface area contributed by atoms with Gasteiger partial charge in [-0.15, -0.1) is 10.2 Å². The smallest absolute Gasteiger partial charge is 0.291 e. The molecule has 21 heavy (non-hydrogen) atoms. The third-order valence-corrected chi connectivity index (χ3v) is 5.13. The Bertz CT molecular complexity index is 755. The van der Waals surface area contributed by atoms with Crippen LogP contribution in [0.15, 0.2) is 28.6 Å². The molecule has 9 heteroatoms. The van der Waals surface area contributed by atoms with Crippen molar-refractivity contribution >= 4 is 38.1 Å². The first-order valence-electron chi connectivity index (χ1n) is 6.14. The predicted molar refractivity (Wildman–Crippen MR) is 80.8 cm³/mol. The van der Waals surface area contributed by atoms with Crippen LogP contribution in [0.25, 0.3) is 0 Å². The van der Waals surface area contributed by atoms with Crippen LogP contribution in [0.5, 0.6) is 0 Å². The summed E-state index contributed by atoms with van der Waals surface area (Å²) in [5.41, 5.74) is 1.39. The van der Waals surface area contributed by atoms with Crippen molar-refractivity contribution in [2.24, 2.45) is 0 Å². The molecule has 0 aliphatic rings. The van der Waals surface area contributed by atoms with E-state index in [-0.39, 0.29) is 15.4 Å². The number of carbonyl (C=O) groups excluding carboxylic acids is 1. The Morgan fingerprint density at radius 1 is 1.29 bits per heavy atom. The Hall–Kier alpha value is -2.00. The second-order valence-electron chi connectivity index (χ2n) is 4.17. The number of carbonyl (C=O) groups is 1. The fourth-order valence-corrected chi connectivity index (χ4v) is 3.68. The molecule has 0 saturated carbocycles. The number of aromatic nitrogens is 2. The van der Waals surface area contributed by atoms with Gasteiger partial charge in [-0.25, -0.2) is 0 Å². The summed E-state index contributed by atoms with van der Waals surface area (Å²) in [4.78, 5) is 10.9. The molecule has 0 bridgehead atoms. The van der Waals surface area contributed by atoms with Crippen LogP contribution in [0.3, 0.4) is 0 Å². The zero-order valence-corrected chi connectivity index (χ0v) is 13.1. The van der Waals surface area contributed by atoms with Crippen molar-refractivity contribution in [1.29, 1.82) is 0 Å². The molecule has 7 nitrogen and oxygen atoms in total. The highest BCUT2D eigenvalue weighted by atomic mass is 32.2. The first-order valence-corrected chi connectivity index (χ1v) is 8.44. The van der Waals surface area contributed by atoms with Crippen molar-refractivity contribution in [3.05, 3.63) is 29.8 Å². The van der Waals surface area contributed by atoms with Gasteiger partial charge >= 0.3 is 0 Å². The molecule has 1 amide bonds. The topological polar surface area (TPSA) is 101 Å². The highest BCUT2D eigenvalue weighted by molar-refractivity contribution is 7.94. The number of sulfonamides is 1. The van der Waals surface area contributed by atoms with Crippen LogP contribution < -0.4 is 10.0 Å². The Balaban J connectivity index is 2.26. The number of aryl methyl sites for hydroxylation is 1. The monoisotopic (exact) mass is 326 g/mol. The molecule has 2 rings (SSSR count). The zero-order chi connectivity index (χ0) is 15.5. The predicted octanol–water partition coefficient (Wildman–Crippen LogP) is 1.86. The second-order valence-corrected chi connectivity index (χ2v) is 7.00. The SMILES string of the molecule is CCc1ccccc1NS(=O)(=O)c1nnc(NC(C)=O)s1. The zero-order valence-electron chi connectivity index (χ0n) is 11.5. The second kappa shape index (κ2) is 6.19. The average Bonchev–Trinajstić information content (AvgIpc) is 2.87. The fourth-order valence-electron chi connectivity index (χ4n) is 1.64. The van der Waals surface area contributed by atoms with Crippen molar-refractivity contribution < 1.29 is 13.2 Å². The summed E-state index contributed by atoms with van der Waals surface area (Å²) in [6, 6.07) is 7.13. The molecule has 0 unspecified atom stereocenters. The Labute approximate surface area is 126 Å². The molecular weight excluding hydrogens is 312 g/mol. The van der Waals surface area contributed by atoms with Crippen molar-refractivity contribution in [2.75, 3.05) is 10.0 Å². The van der Waals surface area contributed by atoms with Gasteiger partial charge in [-0.1, -0.05) is 36.5 Å². The number of benzene rings is 1. The number of anilines is 2. The number of amides is 1. The van der Waals surface area contributed by atoms with Crippen LogP contribution in [-0.4, -0.2) is 24.5 Å². The van der Waals surface area contributed by atoms with Gasteiger partial charge in [-0.05, 0) is 18.1 Å². The number of para-hydroxylation sites is 1. The molecule has 0 radical (unpaired) electrons. The normalized spacial score (nSPS) is 11.1. The third kappa shape index (κ3) is 3.76. The summed E-state index contributed by atoms with van der Waals surface area (Å²) in [5, 5.41) is 9.76. The lowest BCUT2D eigenvalue weighted by Crippen LogP contribution is -2.14. The summed E-state index contributed by atoms with van der Waals surface area (Å²) < 4.78 is 26.8. The van der Waals surface area contributed by atoms with Gasteiger partial charge in [-0.2, -0.15) is 8.42 Å². The quantitative estimate of drug-likeness (QED) is 0.817. The first-order chi connectivity index (χ1) is 9.92. The van der Waals surface area contributed by atoms with E-state index in [0.29, 0.717) is 12.1 Å². The van der Waals surface area contributed by atoms with Crippen LogP contribution in [0, 0.1) is 0 Å². The van der Waals surface area contributed by atoms with Crippen molar-refractivity contribution in [3.63, 3.8) is 0 Å². The Morgan fingerprint density at radius 2 is 2.00 bits per heavy atom. The van der Waals surface area contributed by atoms with Gasteiger partial charge in [-0.3, -0.25) is 9.52 Å². The Kier molecular flexibility index (Phi) is 4.53. The number of hydrogen-bond acceptors (Lipinski definition) is 6. The standard InChI is InChI=1S/C12H14N4O3S2/c1-3-9-6-4-5-7-10(9)16-21(18,19)12-15-14-11(20-12)13-8(2)17/h4-7,16H,3H2,1-2H3,(H,13,14,17). The van der Waals surface area contributed by atoms with Crippen LogP contribution in [0.2, 0.25) is 0 Å². The molecule has 0 fully saturated rings. The fraction of sp³-hybridized carbons (Fsp3) is 0.250. The van der Waals surface area contributed by atoms with E-state index < -0.39 is 10.0 Å². The van der Waals surface area contributed by atoms with Gasteiger partial charge in [0.2, 0.25) is 11.0 Å². The molecule has 1 aromatic carbocycles. The average molecular weight is 326 g/mol. The van der Waals surface area contributed by atoms with Gasteiger partial charge in [0.25, 0.3) is 14.4 Å². The summed E-state index contributed by atoms with van der Waals surface area (Å²) in [6.45, 7) is 3.25. The number of nitrogens with zero attached hydrogens (tertiary/aromatic N) is 2. The largest absolute Gasteiger partial charge is 0.301 e. The highest BCUT2D eigenvalue weighted by Crippen LogP contribution is 2.24. The van der Waals surface area contributed by atoms with E-state index in [1.807, 2.05) is 19.1 Å². The van der Waals surface area contributed by atoms with Gasteiger partial charge in [0.1, 0.15) is 0 Å². The van der Waals surface area contributed by atoms with E-state index >= 15 is 0 Å². The molecule has 1 heterocycles. The molecule has 0 aliphatic carbocycles. The number of nitrogens with one attached hydrogen (secondary N) is 2. The van der Waals surface area contributed by atoms with Gasteiger partial charge < -0.3 is 5.32 Å². The molecule has 2 N–H and O–H groups in total. The molecular formula is C12H14N4O3S2. The molecule has 1 aromatic heterocycles. The van der Waals surface area contributed by atoms with E-state index in [1.54, 1.807) is 12.1 Å². The summed E-state index contributed by atoms with van der Waals surface area (Å²) in [6.07, 6.45) is 0.700. The van der Waals surface area contributed by atoms with E-state index in [1.165, 1.54) is 6.92 Å². The maximum Gasteiger partial charge on any atom is 0.291 e.